The Balaban J connectivity index is 1.58. The Morgan fingerprint density at radius 3 is 2.54 bits per heavy atom. The molecule has 0 radical (unpaired) electrons. The fraction of sp³-hybridized carbons (Fsp3) is 0.333. The number of amides is 2. The minimum absolute atomic E-state index is 0.00674. The van der Waals surface area contributed by atoms with Crippen molar-refractivity contribution in [3.63, 3.8) is 0 Å². The molecule has 1 atom stereocenters. The topological polar surface area (TPSA) is 70.7 Å². The molecule has 0 saturated carbocycles. The van der Waals surface area contributed by atoms with E-state index in [2.05, 4.69) is 15.5 Å². The summed E-state index contributed by atoms with van der Waals surface area (Å²) >= 11 is 1.59. The van der Waals surface area contributed by atoms with Gasteiger partial charge >= 0.3 is 11.8 Å². The lowest BCUT2D eigenvalue weighted by molar-refractivity contribution is -0.136. The lowest BCUT2D eigenvalue weighted by Gasteiger charge is -2.34. The van der Waals surface area contributed by atoms with Crippen molar-refractivity contribution in [1.82, 2.24) is 10.2 Å². The Morgan fingerprint density at radius 2 is 1.88 bits per heavy atom. The van der Waals surface area contributed by atoms with Crippen LogP contribution in [-0.4, -0.2) is 49.6 Å². The minimum Gasteiger partial charge on any atom is -0.379 e. The Bertz CT molecular complexity index is 731. The Hall–Kier alpha value is -2.29. The second-order valence-corrected chi connectivity index (χ2v) is 6.67. The van der Waals surface area contributed by atoms with Crippen LogP contribution < -0.4 is 10.6 Å². The molecule has 1 fully saturated rings. The summed E-state index contributed by atoms with van der Waals surface area (Å²) in [5.74, 6) is -1.90. The van der Waals surface area contributed by atoms with Crippen molar-refractivity contribution in [2.24, 2.45) is 0 Å². The van der Waals surface area contributed by atoms with Crippen LogP contribution in [0.2, 0.25) is 0 Å². The van der Waals surface area contributed by atoms with Crippen LogP contribution in [0.5, 0.6) is 0 Å². The van der Waals surface area contributed by atoms with Gasteiger partial charge in [0.15, 0.2) is 0 Å². The van der Waals surface area contributed by atoms with E-state index in [0.717, 1.165) is 18.7 Å². The Kier molecular flexibility index (Phi) is 6.32. The van der Waals surface area contributed by atoms with E-state index < -0.39 is 17.6 Å². The fourth-order valence-corrected chi connectivity index (χ4v) is 3.51. The van der Waals surface area contributed by atoms with Gasteiger partial charge in [0.1, 0.15) is 5.82 Å². The van der Waals surface area contributed by atoms with Gasteiger partial charge in [-0.3, -0.25) is 14.5 Å². The number of thiophene rings is 1. The summed E-state index contributed by atoms with van der Waals surface area (Å²) in [6, 6.07) is 7.27. The first kappa shape index (κ1) is 18.5. The number of nitrogens with one attached hydrogen (secondary N) is 2. The van der Waals surface area contributed by atoms with Crippen LogP contribution in [0.4, 0.5) is 10.1 Å². The van der Waals surface area contributed by atoms with E-state index in [1.54, 1.807) is 11.3 Å². The first-order chi connectivity index (χ1) is 12.6. The molecule has 26 heavy (non-hydrogen) atoms. The van der Waals surface area contributed by atoms with E-state index in [1.807, 2.05) is 16.8 Å². The number of carbonyl (C=O) groups is 2. The zero-order valence-corrected chi connectivity index (χ0v) is 14.9. The highest BCUT2D eigenvalue weighted by atomic mass is 32.1. The van der Waals surface area contributed by atoms with Crippen LogP contribution >= 0.6 is 11.3 Å². The standard InChI is InChI=1S/C18H20FN3O3S/c19-14-1-3-15(4-2-14)21-18(24)17(23)20-11-16(13-5-10-26-12-13)22-6-8-25-9-7-22/h1-5,10,12,16H,6-9,11H2,(H,20,23)(H,21,24)/t16-/m1/s1. The number of hydrogen-bond donors (Lipinski definition) is 2. The van der Waals surface area contributed by atoms with E-state index in [-0.39, 0.29) is 6.04 Å². The molecule has 8 heteroatoms. The Labute approximate surface area is 155 Å². The molecule has 3 rings (SSSR count). The number of morpholine rings is 1. The van der Waals surface area contributed by atoms with Gasteiger partial charge in [-0.05, 0) is 46.7 Å². The lowest BCUT2D eigenvalue weighted by Crippen LogP contribution is -2.45. The van der Waals surface area contributed by atoms with Gasteiger partial charge in [-0.25, -0.2) is 4.39 Å². The van der Waals surface area contributed by atoms with Gasteiger partial charge in [-0.15, -0.1) is 0 Å². The molecule has 2 heterocycles. The maximum absolute atomic E-state index is 12.9. The number of ether oxygens (including phenoxy) is 1. The molecule has 1 aromatic heterocycles. The summed E-state index contributed by atoms with van der Waals surface area (Å²) in [6.45, 7) is 3.18. The molecule has 1 aromatic carbocycles. The highest BCUT2D eigenvalue weighted by Crippen LogP contribution is 2.23. The monoisotopic (exact) mass is 377 g/mol. The Morgan fingerprint density at radius 1 is 1.15 bits per heavy atom. The third-order valence-corrected chi connectivity index (χ3v) is 4.88. The van der Waals surface area contributed by atoms with E-state index in [0.29, 0.717) is 25.4 Å². The molecule has 6 nitrogen and oxygen atoms in total. The molecule has 2 aromatic rings. The van der Waals surface area contributed by atoms with Crippen LogP contribution in [0.1, 0.15) is 11.6 Å². The quantitative estimate of drug-likeness (QED) is 0.782. The van der Waals surface area contributed by atoms with Crippen LogP contribution in [-0.2, 0) is 14.3 Å². The highest BCUT2D eigenvalue weighted by molar-refractivity contribution is 7.08. The number of halogens is 1. The van der Waals surface area contributed by atoms with Gasteiger partial charge < -0.3 is 15.4 Å². The summed E-state index contributed by atoms with van der Waals surface area (Å²) in [6.07, 6.45) is 0. The third kappa shape index (κ3) is 4.87. The molecule has 0 bridgehead atoms. The van der Waals surface area contributed by atoms with E-state index in [1.165, 1.54) is 24.3 Å². The average Bonchev–Trinajstić information content (AvgIpc) is 3.19. The van der Waals surface area contributed by atoms with Crippen molar-refractivity contribution in [1.29, 1.82) is 0 Å². The molecule has 2 amide bonds. The van der Waals surface area contributed by atoms with Crippen LogP contribution in [0.3, 0.4) is 0 Å². The molecule has 0 aliphatic carbocycles. The maximum atomic E-state index is 12.9. The fourth-order valence-electron chi connectivity index (χ4n) is 2.80. The van der Waals surface area contributed by atoms with Crippen LogP contribution in [0.25, 0.3) is 0 Å². The molecule has 0 unspecified atom stereocenters. The summed E-state index contributed by atoms with van der Waals surface area (Å²) in [5, 5.41) is 9.19. The molecule has 0 spiro atoms. The molecular formula is C18H20FN3O3S. The first-order valence-electron chi connectivity index (χ1n) is 8.32. The average molecular weight is 377 g/mol. The van der Waals surface area contributed by atoms with Crippen molar-refractivity contribution in [3.8, 4) is 0 Å². The lowest BCUT2D eigenvalue weighted by atomic mass is 10.1. The van der Waals surface area contributed by atoms with Crippen LogP contribution in [0.15, 0.2) is 41.1 Å². The predicted octanol–water partition coefficient (Wildman–Crippen LogP) is 2.02. The van der Waals surface area contributed by atoms with E-state index >= 15 is 0 Å². The largest absolute Gasteiger partial charge is 0.379 e. The molecule has 1 saturated heterocycles. The zero-order valence-electron chi connectivity index (χ0n) is 14.1. The smallest absolute Gasteiger partial charge is 0.313 e. The summed E-state index contributed by atoms with van der Waals surface area (Å²) in [5.41, 5.74) is 1.48. The van der Waals surface area contributed by atoms with Crippen molar-refractivity contribution in [3.05, 3.63) is 52.5 Å². The number of hydrogen-bond acceptors (Lipinski definition) is 5. The molecule has 1 aliphatic rings. The van der Waals surface area contributed by atoms with Gasteiger partial charge in [0.25, 0.3) is 0 Å². The van der Waals surface area contributed by atoms with Gasteiger partial charge in [-0.2, -0.15) is 11.3 Å². The number of rotatable bonds is 5. The van der Waals surface area contributed by atoms with Gasteiger partial charge in [0.2, 0.25) is 0 Å². The summed E-state index contributed by atoms with van der Waals surface area (Å²) in [4.78, 5) is 26.4. The number of nitrogens with zero attached hydrogens (tertiary/aromatic N) is 1. The van der Waals surface area contributed by atoms with Crippen molar-refractivity contribution in [2.45, 2.75) is 6.04 Å². The highest BCUT2D eigenvalue weighted by Gasteiger charge is 2.24. The number of benzene rings is 1. The van der Waals surface area contributed by atoms with E-state index in [4.69, 9.17) is 4.74 Å². The molecular weight excluding hydrogens is 357 g/mol. The zero-order chi connectivity index (χ0) is 18.4. The second-order valence-electron chi connectivity index (χ2n) is 5.89. The predicted molar refractivity (Wildman–Crippen MR) is 97.5 cm³/mol. The van der Waals surface area contributed by atoms with E-state index in [9.17, 15) is 14.0 Å². The number of anilines is 1. The summed E-state index contributed by atoms with van der Waals surface area (Å²) in [7, 11) is 0. The third-order valence-electron chi connectivity index (χ3n) is 4.18. The number of carbonyl (C=O) groups excluding carboxylic acids is 2. The minimum atomic E-state index is -0.775. The van der Waals surface area contributed by atoms with Crippen molar-refractivity contribution < 1.29 is 18.7 Å². The first-order valence-corrected chi connectivity index (χ1v) is 9.26. The van der Waals surface area contributed by atoms with Crippen molar-refractivity contribution >= 4 is 28.8 Å². The molecule has 138 valence electrons. The SMILES string of the molecule is O=C(NC[C@H](c1ccsc1)N1CCOCC1)C(=O)Nc1ccc(F)cc1. The van der Waals surface area contributed by atoms with Crippen molar-refractivity contribution in [2.75, 3.05) is 38.2 Å². The van der Waals surface area contributed by atoms with Crippen LogP contribution in [0, 0.1) is 5.82 Å². The maximum Gasteiger partial charge on any atom is 0.313 e. The normalized spacial score (nSPS) is 16.0. The molecule has 2 N–H and O–H groups in total. The summed E-state index contributed by atoms with van der Waals surface area (Å²) < 4.78 is 18.3. The second kappa shape index (κ2) is 8.88. The molecule has 1 aliphatic heterocycles. The van der Waals surface area contributed by atoms with Gasteiger partial charge in [0.05, 0.1) is 19.3 Å². The van der Waals surface area contributed by atoms with Gasteiger partial charge in [-0.1, -0.05) is 0 Å². The van der Waals surface area contributed by atoms with Gasteiger partial charge in [0, 0.05) is 25.3 Å².